The molecule has 0 aliphatic rings. The van der Waals surface area contributed by atoms with E-state index in [1.807, 2.05) is 60.8 Å². The van der Waals surface area contributed by atoms with Crippen molar-refractivity contribution in [2.45, 2.75) is 83.1 Å². The van der Waals surface area contributed by atoms with E-state index in [4.69, 9.17) is 0 Å². The highest BCUT2D eigenvalue weighted by Gasteiger charge is 1.81. The Morgan fingerprint density at radius 1 is 0.421 bits per heavy atom. The van der Waals surface area contributed by atoms with Gasteiger partial charge in [-0.1, -0.05) is 83.1 Å². The van der Waals surface area contributed by atoms with Crippen molar-refractivity contribution in [3.8, 4) is 0 Å². The summed E-state index contributed by atoms with van der Waals surface area (Å²) < 4.78 is 0. The number of hydrogen-bond donors (Lipinski definition) is 0. The molecule has 0 fully saturated rings. The van der Waals surface area contributed by atoms with Crippen molar-refractivity contribution >= 4 is 0 Å². The van der Waals surface area contributed by atoms with Gasteiger partial charge < -0.3 is 0 Å². The third kappa shape index (κ3) is 288. The van der Waals surface area contributed by atoms with Gasteiger partial charge in [0.25, 0.3) is 0 Å². The van der Waals surface area contributed by atoms with Crippen LogP contribution in [0.1, 0.15) is 83.1 Å². The molecule has 0 aromatic carbocycles. The van der Waals surface area contributed by atoms with Crippen LogP contribution in [0.4, 0.5) is 0 Å². The van der Waals surface area contributed by atoms with Gasteiger partial charge in [0.1, 0.15) is 0 Å². The largest absolute Gasteiger partial charge is 0.0625 e. The van der Waals surface area contributed by atoms with Crippen molar-refractivity contribution in [2.24, 2.45) is 11.8 Å². The van der Waals surface area contributed by atoms with Gasteiger partial charge in [-0.2, -0.15) is 0 Å². The topological polar surface area (TPSA) is 0 Å². The van der Waals surface area contributed by atoms with Crippen LogP contribution >= 0.6 is 0 Å². The van der Waals surface area contributed by atoms with E-state index in [1.54, 1.807) is 0 Å². The summed E-state index contributed by atoms with van der Waals surface area (Å²) in [5.41, 5.74) is 0. The highest BCUT2D eigenvalue weighted by molar-refractivity contribution is 4.58. The van der Waals surface area contributed by atoms with Crippen molar-refractivity contribution in [1.82, 2.24) is 0 Å². The van der Waals surface area contributed by atoms with Crippen LogP contribution in [0.2, 0.25) is 0 Å². The van der Waals surface area contributed by atoms with E-state index < -0.39 is 0 Å². The molecule has 5 radical (unpaired) electrons. The van der Waals surface area contributed by atoms with Crippen molar-refractivity contribution in [3.63, 3.8) is 0 Å². The molecule has 19 heavy (non-hydrogen) atoms. The molecule has 0 aliphatic heterocycles. The Hall–Kier alpha value is 0. The molecule has 0 aromatic rings. The maximum Gasteiger partial charge on any atom is -0.0391 e. The zero-order chi connectivity index (χ0) is 16.7. The molecular weight excluding hydrogens is 228 g/mol. The van der Waals surface area contributed by atoms with Crippen LogP contribution in [0.15, 0.2) is 0 Å². The van der Waals surface area contributed by atoms with Crippen molar-refractivity contribution < 1.29 is 0 Å². The molecule has 0 nitrogen and oxygen atoms in total. The zero-order valence-corrected chi connectivity index (χ0v) is 16.0. The molecule has 0 spiro atoms. The normalized spacial score (nSPS) is 7.89. The van der Waals surface area contributed by atoms with Crippen LogP contribution in [-0.4, -0.2) is 0 Å². The van der Waals surface area contributed by atoms with Gasteiger partial charge in [0.15, 0.2) is 0 Å². The molecule has 0 heterocycles. The van der Waals surface area contributed by atoms with Crippen LogP contribution in [0, 0.1) is 43.9 Å². The fraction of sp³-hybridized carbons (Fsp3) is 0.737. The Bertz CT molecular complexity index is 59.4. The monoisotopic (exact) mass is 271 g/mol. The van der Waals surface area contributed by atoms with Gasteiger partial charge in [0.2, 0.25) is 0 Å². The van der Waals surface area contributed by atoms with E-state index in [0.717, 1.165) is 11.8 Å². The zero-order valence-electron chi connectivity index (χ0n) is 16.0. The second-order valence-corrected chi connectivity index (χ2v) is 4.89. The van der Waals surface area contributed by atoms with Gasteiger partial charge in [0.05, 0.1) is 0 Å². The maximum atomic E-state index is 2.17. The van der Waals surface area contributed by atoms with E-state index in [9.17, 15) is 0 Å². The molecule has 0 aromatic heterocycles. The van der Waals surface area contributed by atoms with Crippen molar-refractivity contribution in [1.29, 1.82) is 0 Å². The second kappa shape index (κ2) is 43.0. The van der Waals surface area contributed by atoms with E-state index >= 15 is 0 Å². The predicted molar refractivity (Wildman–Crippen MR) is 96.6 cm³/mol. The van der Waals surface area contributed by atoms with Crippen LogP contribution in [0.5, 0.6) is 0 Å². The molecule has 0 saturated carbocycles. The average molecular weight is 272 g/mol. The smallest absolute Gasteiger partial charge is 0.0391 e. The Kier molecular flexibility index (Phi) is 71.1. The first-order chi connectivity index (χ1) is 8.78. The summed E-state index contributed by atoms with van der Waals surface area (Å²) >= 11 is 0. The molecule has 0 bridgehead atoms. The Morgan fingerprint density at radius 3 is 0.474 bits per heavy atom. The van der Waals surface area contributed by atoms with Crippen LogP contribution in [-0.2, 0) is 0 Å². The fourth-order valence-electron chi connectivity index (χ4n) is 0. The molecule has 0 atom stereocenters. The lowest BCUT2D eigenvalue weighted by Gasteiger charge is -1.90. The lowest BCUT2D eigenvalue weighted by atomic mass is 10.2. The molecular formula is C19H43. The standard InChI is InChI=1S/2C5H11.3C3H7/c2*1-4-5(2)3;3*1-3-2/h2*4-5H,1-3H3;3*3H,1-2H3. The van der Waals surface area contributed by atoms with Gasteiger partial charge >= 0.3 is 0 Å². The van der Waals surface area contributed by atoms with Crippen LogP contribution < -0.4 is 0 Å². The van der Waals surface area contributed by atoms with Crippen LogP contribution in [0.3, 0.4) is 0 Å². The summed E-state index contributed by atoms with van der Waals surface area (Å²) in [6.45, 7) is 24.8. The third-order valence-corrected chi connectivity index (χ3v) is 1.33. The Balaban J connectivity index is -0.0000000442. The van der Waals surface area contributed by atoms with Gasteiger partial charge in [-0.25, -0.2) is 0 Å². The first-order valence-corrected chi connectivity index (χ1v) is 7.59. The fourth-order valence-corrected chi connectivity index (χ4v) is 0. The first-order valence-electron chi connectivity index (χ1n) is 7.59. The maximum absolute atomic E-state index is 2.17. The quantitative estimate of drug-likeness (QED) is 0.490. The molecule has 0 heteroatoms. The summed E-state index contributed by atoms with van der Waals surface area (Å²) in [4.78, 5) is 0. The summed E-state index contributed by atoms with van der Waals surface area (Å²) in [6.07, 6.45) is 10.3. The lowest BCUT2D eigenvalue weighted by Crippen LogP contribution is -1.78. The van der Waals surface area contributed by atoms with Gasteiger partial charge in [-0.05, 0) is 43.9 Å². The SMILES string of the molecule is C[CH]C.C[CH]C.C[CH]C.C[CH]C(C)C.C[CH]C(C)C. The third-order valence-electron chi connectivity index (χ3n) is 1.33. The molecule has 0 saturated heterocycles. The highest BCUT2D eigenvalue weighted by Crippen LogP contribution is 1.92. The van der Waals surface area contributed by atoms with Crippen molar-refractivity contribution in [2.75, 3.05) is 0 Å². The van der Waals surface area contributed by atoms with E-state index in [2.05, 4.69) is 54.4 Å². The molecule has 0 unspecified atom stereocenters. The lowest BCUT2D eigenvalue weighted by molar-refractivity contribution is 0.762. The number of hydrogen-bond acceptors (Lipinski definition) is 0. The predicted octanol–water partition coefficient (Wildman–Crippen LogP) is 7.42. The van der Waals surface area contributed by atoms with E-state index in [-0.39, 0.29) is 0 Å². The van der Waals surface area contributed by atoms with Gasteiger partial charge in [-0.3, -0.25) is 0 Å². The minimum absolute atomic E-state index is 0.759. The first kappa shape index (κ1) is 31.4. The molecule has 0 aliphatic carbocycles. The van der Waals surface area contributed by atoms with E-state index in [0.29, 0.717) is 0 Å². The Morgan fingerprint density at radius 2 is 0.474 bits per heavy atom. The molecule has 0 rings (SSSR count). The van der Waals surface area contributed by atoms with Gasteiger partial charge in [0, 0.05) is 0 Å². The summed E-state index contributed by atoms with van der Waals surface area (Å²) in [5, 5.41) is 0. The average Bonchev–Trinajstić information content (AvgIpc) is 2.32. The summed E-state index contributed by atoms with van der Waals surface area (Å²) in [7, 11) is 0. The Labute approximate surface area is 127 Å². The minimum Gasteiger partial charge on any atom is -0.0625 e. The molecule has 0 amide bonds. The minimum atomic E-state index is 0.759. The summed E-state index contributed by atoms with van der Waals surface area (Å²) in [5.74, 6) is 1.52. The highest BCUT2D eigenvalue weighted by atomic mass is 13.9. The summed E-state index contributed by atoms with van der Waals surface area (Å²) in [6, 6.07) is 0. The van der Waals surface area contributed by atoms with Gasteiger partial charge in [-0.15, -0.1) is 0 Å². The number of rotatable bonds is 2. The van der Waals surface area contributed by atoms with Crippen molar-refractivity contribution in [3.05, 3.63) is 32.1 Å². The molecule has 119 valence electrons. The molecule has 0 N–H and O–H groups in total. The van der Waals surface area contributed by atoms with E-state index in [1.165, 1.54) is 0 Å². The van der Waals surface area contributed by atoms with Crippen LogP contribution in [0.25, 0.3) is 0 Å². The second-order valence-electron chi connectivity index (χ2n) is 4.89.